The molecule has 2 aromatic heterocycles. The highest BCUT2D eigenvalue weighted by molar-refractivity contribution is 6.42. The predicted octanol–water partition coefficient (Wildman–Crippen LogP) is 4.86. The van der Waals surface area contributed by atoms with E-state index >= 15 is 0 Å². The number of H-pyrrole nitrogens is 1. The molecule has 4 aromatic rings. The minimum absolute atomic E-state index is 0.206. The summed E-state index contributed by atoms with van der Waals surface area (Å²) in [7, 11) is 2.10. The van der Waals surface area contributed by atoms with E-state index in [9.17, 15) is 0 Å². The van der Waals surface area contributed by atoms with Crippen LogP contribution in [0, 0.1) is 0 Å². The van der Waals surface area contributed by atoms with E-state index in [1.54, 1.807) is 12.1 Å². The third-order valence-electron chi connectivity index (χ3n) is 5.39. The molecule has 0 amide bonds. The number of hydrogen-bond acceptors (Lipinski definition) is 8. The maximum absolute atomic E-state index is 6.15. The second-order valence-electron chi connectivity index (χ2n) is 7.87. The number of para-hydroxylation sites is 1. The van der Waals surface area contributed by atoms with Crippen LogP contribution in [0.3, 0.4) is 0 Å². The van der Waals surface area contributed by atoms with E-state index in [4.69, 9.17) is 27.9 Å². The maximum atomic E-state index is 6.15. The third kappa shape index (κ3) is 5.22. The van der Waals surface area contributed by atoms with Crippen molar-refractivity contribution in [2.75, 3.05) is 43.4 Å². The van der Waals surface area contributed by atoms with Crippen molar-refractivity contribution in [3.05, 3.63) is 64.6 Å². The molecule has 0 spiro atoms. The van der Waals surface area contributed by atoms with Crippen LogP contribution in [-0.4, -0.2) is 63.3 Å². The molecule has 34 heavy (non-hydrogen) atoms. The van der Waals surface area contributed by atoms with Gasteiger partial charge in [0.1, 0.15) is 5.75 Å². The van der Waals surface area contributed by atoms with Crippen LogP contribution < -0.4 is 15.0 Å². The van der Waals surface area contributed by atoms with Crippen LogP contribution in [0.15, 0.2) is 54.6 Å². The third-order valence-corrected chi connectivity index (χ3v) is 6.13. The van der Waals surface area contributed by atoms with Gasteiger partial charge in [0.25, 0.3) is 0 Å². The fraction of sp³-hybridized carbons (Fsp3) is 0.217. The Bertz CT molecular complexity index is 1280. The number of ether oxygens (including phenoxy) is 1. The summed E-state index contributed by atoms with van der Waals surface area (Å²) in [5, 5.41) is 11.4. The molecule has 0 unspecified atom stereocenters. The highest BCUT2D eigenvalue weighted by Crippen LogP contribution is 2.29. The number of nitrogens with one attached hydrogen (secondary N) is 2. The number of anilines is 3. The van der Waals surface area contributed by atoms with Gasteiger partial charge in [-0.3, -0.25) is 5.10 Å². The Labute approximate surface area is 206 Å². The Morgan fingerprint density at radius 2 is 1.71 bits per heavy atom. The molecule has 1 fully saturated rings. The zero-order valence-corrected chi connectivity index (χ0v) is 19.9. The molecule has 0 saturated carbocycles. The van der Waals surface area contributed by atoms with Crippen LogP contribution in [0.2, 0.25) is 10.0 Å². The Balaban J connectivity index is 1.42. The molecule has 1 aliphatic heterocycles. The van der Waals surface area contributed by atoms with Crippen molar-refractivity contribution in [2.24, 2.45) is 0 Å². The van der Waals surface area contributed by atoms with Crippen molar-refractivity contribution in [1.82, 2.24) is 30.0 Å². The SMILES string of the molecule is CN1CCN(c2nc(Nc3cc(-c4ccc(Cl)c(Cl)c4)[nH]n3)nc(Oc3ccccc3)n2)CC1. The van der Waals surface area contributed by atoms with E-state index in [1.165, 1.54) is 0 Å². The standard InChI is InChI=1S/C23H22Cl2N8O/c1-32-9-11-33(12-10-32)22-27-21(28-23(29-22)34-16-5-3-2-4-6-16)26-20-14-19(30-31-20)15-7-8-17(24)18(25)13-15/h2-8,13-14H,9-12H2,1H3,(H2,26,27,28,29,30,31). The van der Waals surface area contributed by atoms with Gasteiger partial charge in [-0.1, -0.05) is 47.5 Å². The fourth-order valence-corrected chi connectivity index (χ4v) is 3.80. The van der Waals surface area contributed by atoms with Gasteiger partial charge in [0, 0.05) is 37.8 Å². The van der Waals surface area contributed by atoms with Gasteiger partial charge in [-0.25, -0.2) is 0 Å². The summed E-state index contributed by atoms with van der Waals surface area (Å²) >= 11 is 12.2. The Hall–Kier alpha value is -3.40. The van der Waals surface area contributed by atoms with E-state index in [1.807, 2.05) is 42.5 Å². The maximum Gasteiger partial charge on any atom is 0.328 e. The van der Waals surface area contributed by atoms with Crippen LogP contribution >= 0.6 is 23.2 Å². The summed E-state index contributed by atoms with van der Waals surface area (Å²) in [4.78, 5) is 18.0. The molecule has 3 heterocycles. The smallest absolute Gasteiger partial charge is 0.328 e. The van der Waals surface area contributed by atoms with Crippen LogP contribution in [-0.2, 0) is 0 Å². The molecule has 9 nitrogen and oxygen atoms in total. The van der Waals surface area contributed by atoms with Crippen molar-refractivity contribution in [2.45, 2.75) is 0 Å². The molecule has 1 saturated heterocycles. The van der Waals surface area contributed by atoms with Crippen molar-refractivity contribution in [3.8, 4) is 23.0 Å². The lowest BCUT2D eigenvalue weighted by Gasteiger charge is -2.32. The molecular weight excluding hydrogens is 475 g/mol. The minimum atomic E-state index is 0.206. The quantitative estimate of drug-likeness (QED) is 0.390. The van der Waals surface area contributed by atoms with Gasteiger partial charge in [-0.05, 0) is 31.3 Å². The number of hydrogen-bond donors (Lipinski definition) is 2. The molecule has 0 atom stereocenters. The van der Waals surface area contributed by atoms with E-state index in [0.29, 0.717) is 33.5 Å². The molecule has 2 aromatic carbocycles. The number of rotatable bonds is 6. The number of piperazine rings is 1. The number of halogens is 2. The number of likely N-dealkylation sites (N-methyl/N-ethyl adjacent to an activating group) is 1. The first-order valence-corrected chi connectivity index (χ1v) is 11.5. The van der Waals surface area contributed by atoms with Crippen molar-refractivity contribution in [3.63, 3.8) is 0 Å². The average molecular weight is 497 g/mol. The largest absolute Gasteiger partial charge is 0.424 e. The zero-order chi connectivity index (χ0) is 23.5. The van der Waals surface area contributed by atoms with Crippen molar-refractivity contribution < 1.29 is 4.74 Å². The van der Waals surface area contributed by atoms with Crippen LogP contribution in [0.5, 0.6) is 11.8 Å². The Morgan fingerprint density at radius 3 is 2.47 bits per heavy atom. The predicted molar refractivity (Wildman–Crippen MR) is 133 cm³/mol. The molecule has 0 radical (unpaired) electrons. The normalized spacial score (nSPS) is 14.3. The van der Waals surface area contributed by atoms with Gasteiger partial charge in [-0.15, -0.1) is 0 Å². The van der Waals surface area contributed by atoms with Gasteiger partial charge < -0.3 is 19.9 Å². The van der Waals surface area contributed by atoms with E-state index in [0.717, 1.165) is 37.4 Å². The number of aromatic amines is 1. The first kappa shape index (κ1) is 22.4. The molecule has 0 aliphatic carbocycles. The summed E-state index contributed by atoms with van der Waals surface area (Å²) in [6, 6.07) is 16.9. The molecule has 5 rings (SSSR count). The number of aromatic nitrogens is 5. The van der Waals surface area contributed by atoms with Crippen molar-refractivity contribution >= 4 is 40.9 Å². The lowest BCUT2D eigenvalue weighted by molar-refractivity contribution is 0.310. The van der Waals surface area contributed by atoms with Gasteiger partial charge in [0.05, 0.1) is 15.7 Å². The van der Waals surface area contributed by atoms with E-state index in [-0.39, 0.29) is 6.01 Å². The number of benzene rings is 2. The first-order chi connectivity index (χ1) is 16.5. The van der Waals surface area contributed by atoms with Gasteiger partial charge >= 0.3 is 6.01 Å². The van der Waals surface area contributed by atoms with Gasteiger partial charge in [0.2, 0.25) is 11.9 Å². The molecule has 174 valence electrons. The van der Waals surface area contributed by atoms with Crippen molar-refractivity contribution in [1.29, 1.82) is 0 Å². The van der Waals surface area contributed by atoms with E-state index in [2.05, 4.69) is 47.3 Å². The summed E-state index contributed by atoms with van der Waals surface area (Å²) in [6.45, 7) is 3.48. The summed E-state index contributed by atoms with van der Waals surface area (Å²) in [6.07, 6.45) is 0. The summed E-state index contributed by atoms with van der Waals surface area (Å²) in [5.41, 5.74) is 1.63. The Kier molecular flexibility index (Phi) is 6.48. The first-order valence-electron chi connectivity index (χ1n) is 10.7. The van der Waals surface area contributed by atoms with Crippen LogP contribution in [0.1, 0.15) is 0 Å². The van der Waals surface area contributed by atoms with Crippen LogP contribution in [0.4, 0.5) is 17.7 Å². The molecule has 1 aliphatic rings. The molecule has 0 bridgehead atoms. The highest BCUT2D eigenvalue weighted by atomic mass is 35.5. The lowest BCUT2D eigenvalue weighted by atomic mass is 10.1. The highest BCUT2D eigenvalue weighted by Gasteiger charge is 2.20. The minimum Gasteiger partial charge on any atom is -0.424 e. The second-order valence-corrected chi connectivity index (χ2v) is 8.68. The zero-order valence-electron chi connectivity index (χ0n) is 18.4. The molecule has 11 heteroatoms. The summed E-state index contributed by atoms with van der Waals surface area (Å²) < 4.78 is 5.91. The van der Waals surface area contributed by atoms with E-state index < -0.39 is 0 Å². The number of nitrogens with zero attached hydrogens (tertiary/aromatic N) is 6. The van der Waals surface area contributed by atoms with Gasteiger partial charge in [0.15, 0.2) is 5.82 Å². The molecular formula is C23H22Cl2N8O. The summed E-state index contributed by atoms with van der Waals surface area (Å²) in [5.74, 6) is 2.08. The lowest BCUT2D eigenvalue weighted by Crippen LogP contribution is -2.45. The van der Waals surface area contributed by atoms with Gasteiger partial charge in [-0.2, -0.15) is 20.1 Å². The topological polar surface area (TPSA) is 95.1 Å². The molecule has 2 N–H and O–H groups in total. The second kappa shape index (κ2) is 9.84. The van der Waals surface area contributed by atoms with Crippen LogP contribution in [0.25, 0.3) is 11.3 Å². The monoisotopic (exact) mass is 496 g/mol. The average Bonchev–Trinajstić information content (AvgIpc) is 3.30. The fourth-order valence-electron chi connectivity index (χ4n) is 3.50. The Morgan fingerprint density at radius 1 is 0.912 bits per heavy atom.